The number of hydrogen-bond donors (Lipinski definition) is 3. The van der Waals surface area contributed by atoms with Crippen molar-refractivity contribution < 1.29 is 33.9 Å². The molecule has 2 heterocycles. The number of nitrogens with zero attached hydrogens (tertiary/aromatic N) is 3. The molecule has 4 atom stereocenters. The van der Waals surface area contributed by atoms with Crippen molar-refractivity contribution in [2.24, 2.45) is 23.5 Å². The zero-order chi connectivity index (χ0) is 28.0. The summed E-state index contributed by atoms with van der Waals surface area (Å²) in [5.41, 5.74) is 5.22. The number of nitrogens with one attached hydrogen (secondary N) is 1. The van der Waals surface area contributed by atoms with Gasteiger partial charge in [0.25, 0.3) is 5.91 Å². The Morgan fingerprint density at radius 1 is 1.05 bits per heavy atom. The van der Waals surface area contributed by atoms with Crippen LogP contribution in [0.5, 0.6) is 0 Å². The van der Waals surface area contributed by atoms with Crippen molar-refractivity contribution in [1.29, 1.82) is 0 Å². The highest BCUT2D eigenvalue weighted by atomic mass is 16.7. The zero-order valence-corrected chi connectivity index (χ0v) is 22.8. The van der Waals surface area contributed by atoms with Crippen molar-refractivity contribution in [3.05, 3.63) is 0 Å². The summed E-state index contributed by atoms with van der Waals surface area (Å²) in [6.45, 7) is 12.0. The number of carbonyl (C=O) groups excluding carboxylic acids is 4. The maximum atomic E-state index is 13.9. The molecular formula is C25H43N5O7. The summed E-state index contributed by atoms with van der Waals surface area (Å²) in [5, 5.41) is 13.5. The second kappa shape index (κ2) is 13.1. The summed E-state index contributed by atoms with van der Waals surface area (Å²) in [6, 6.07) is -1.80. The Bertz CT molecular complexity index is 862. The average molecular weight is 526 g/mol. The van der Waals surface area contributed by atoms with Gasteiger partial charge in [-0.3, -0.25) is 24.0 Å². The molecule has 2 aliphatic heterocycles. The van der Waals surface area contributed by atoms with Gasteiger partial charge in [0.2, 0.25) is 17.7 Å². The first-order valence-corrected chi connectivity index (χ1v) is 13.1. The lowest BCUT2D eigenvalue weighted by Crippen LogP contribution is -2.75. The van der Waals surface area contributed by atoms with Gasteiger partial charge in [0, 0.05) is 13.0 Å². The largest absolute Gasteiger partial charge is 0.463 e. The van der Waals surface area contributed by atoms with Crippen LogP contribution < -0.4 is 11.1 Å². The van der Waals surface area contributed by atoms with E-state index in [1.54, 1.807) is 0 Å². The minimum absolute atomic E-state index is 0.00374. The predicted octanol–water partition coefficient (Wildman–Crippen LogP) is 1.53. The summed E-state index contributed by atoms with van der Waals surface area (Å²) in [7, 11) is 0. The number of rotatable bonds is 12. The van der Waals surface area contributed by atoms with Gasteiger partial charge in [-0.25, -0.2) is 4.79 Å². The molecule has 0 aromatic rings. The van der Waals surface area contributed by atoms with Gasteiger partial charge in [0.1, 0.15) is 12.1 Å². The third kappa shape index (κ3) is 7.80. The monoisotopic (exact) mass is 525 g/mol. The summed E-state index contributed by atoms with van der Waals surface area (Å²) in [4.78, 5) is 72.3. The van der Waals surface area contributed by atoms with E-state index in [9.17, 15) is 29.1 Å². The smallest absolute Gasteiger partial charge is 0.433 e. The number of primary amides is 1. The van der Waals surface area contributed by atoms with E-state index in [1.807, 2.05) is 41.5 Å². The molecule has 0 spiro atoms. The maximum Gasteiger partial charge on any atom is 0.433 e. The Hall–Kier alpha value is -2.89. The molecule has 2 saturated heterocycles. The van der Waals surface area contributed by atoms with Crippen LogP contribution in [0.15, 0.2) is 0 Å². The number of piperazine rings is 1. The molecular weight excluding hydrogens is 482 g/mol. The Labute approximate surface area is 218 Å². The fourth-order valence-corrected chi connectivity index (χ4v) is 4.77. The molecule has 0 aromatic heterocycles. The first kappa shape index (κ1) is 30.3. The molecule has 210 valence electrons. The molecule has 5 amide bonds. The Morgan fingerprint density at radius 3 is 2.22 bits per heavy atom. The van der Waals surface area contributed by atoms with Gasteiger partial charge < -0.3 is 26.0 Å². The number of carboxylic acid groups (broad SMARTS) is 1. The maximum absolute atomic E-state index is 13.9. The minimum Gasteiger partial charge on any atom is -0.463 e. The van der Waals surface area contributed by atoms with E-state index in [4.69, 9.17) is 10.6 Å². The second-order valence-electron chi connectivity index (χ2n) is 11.2. The summed E-state index contributed by atoms with van der Waals surface area (Å²) >= 11 is 0. The molecule has 12 heteroatoms. The first-order chi connectivity index (χ1) is 17.2. The van der Waals surface area contributed by atoms with Crippen LogP contribution in [0.2, 0.25) is 0 Å². The second-order valence-corrected chi connectivity index (χ2v) is 11.2. The van der Waals surface area contributed by atoms with E-state index in [1.165, 1.54) is 9.80 Å². The fraction of sp³-hybridized carbons (Fsp3) is 0.800. The summed E-state index contributed by atoms with van der Waals surface area (Å²) in [5.74, 6) is -1.46. The summed E-state index contributed by atoms with van der Waals surface area (Å²) in [6.07, 6.45) is -2.69. The molecule has 2 unspecified atom stereocenters. The van der Waals surface area contributed by atoms with Gasteiger partial charge in [0.15, 0.2) is 12.3 Å². The summed E-state index contributed by atoms with van der Waals surface area (Å²) < 4.78 is 0. The van der Waals surface area contributed by atoms with E-state index in [2.05, 4.69) is 5.32 Å². The lowest BCUT2D eigenvalue weighted by atomic mass is 9.93. The van der Waals surface area contributed by atoms with Gasteiger partial charge in [-0.2, -0.15) is 5.06 Å². The SMILES string of the molecule is CC(C)CCNC(=O)C(CC(C)C)N1CC2N(C(=O)O)O[C@H](CCC(N)=O)C(=O)N2[C@@H](CC(C)C)C1=O. The van der Waals surface area contributed by atoms with Crippen LogP contribution in [0.4, 0.5) is 4.79 Å². The Kier molecular flexibility index (Phi) is 10.7. The molecule has 0 radical (unpaired) electrons. The number of nitrogens with two attached hydrogens (primary N) is 1. The molecule has 12 nitrogen and oxygen atoms in total. The van der Waals surface area contributed by atoms with E-state index >= 15 is 0 Å². The third-order valence-electron chi connectivity index (χ3n) is 6.56. The van der Waals surface area contributed by atoms with Crippen molar-refractivity contribution >= 4 is 29.7 Å². The molecule has 2 fully saturated rings. The molecule has 2 rings (SSSR count). The predicted molar refractivity (Wildman–Crippen MR) is 134 cm³/mol. The number of amides is 5. The van der Waals surface area contributed by atoms with Crippen molar-refractivity contribution in [3.8, 4) is 0 Å². The fourth-order valence-electron chi connectivity index (χ4n) is 4.77. The van der Waals surface area contributed by atoms with Crippen molar-refractivity contribution in [1.82, 2.24) is 20.2 Å². The zero-order valence-electron chi connectivity index (χ0n) is 22.8. The highest BCUT2D eigenvalue weighted by molar-refractivity contribution is 5.95. The number of hydroxylamine groups is 2. The third-order valence-corrected chi connectivity index (χ3v) is 6.56. The molecule has 0 aromatic carbocycles. The van der Waals surface area contributed by atoms with Crippen LogP contribution in [0, 0.1) is 17.8 Å². The topological polar surface area (TPSA) is 163 Å². The first-order valence-electron chi connectivity index (χ1n) is 13.1. The van der Waals surface area contributed by atoms with Gasteiger partial charge in [-0.05, 0) is 43.4 Å². The van der Waals surface area contributed by atoms with Crippen molar-refractivity contribution in [3.63, 3.8) is 0 Å². The molecule has 0 bridgehead atoms. The number of fused-ring (bicyclic) bond motifs is 1. The Balaban J connectivity index is 2.46. The van der Waals surface area contributed by atoms with Crippen LogP contribution in [-0.2, 0) is 24.0 Å². The van der Waals surface area contributed by atoms with Crippen LogP contribution >= 0.6 is 0 Å². The van der Waals surface area contributed by atoms with Crippen LogP contribution in [0.25, 0.3) is 0 Å². The van der Waals surface area contributed by atoms with Crippen molar-refractivity contribution in [2.75, 3.05) is 13.1 Å². The van der Waals surface area contributed by atoms with E-state index in [-0.39, 0.29) is 43.6 Å². The minimum atomic E-state index is -1.44. The Morgan fingerprint density at radius 2 is 1.70 bits per heavy atom. The lowest BCUT2D eigenvalue weighted by molar-refractivity contribution is -0.267. The van der Waals surface area contributed by atoms with Crippen LogP contribution in [0.1, 0.15) is 73.6 Å². The molecule has 0 saturated carbocycles. The van der Waals surface area contributed by atoms with E-state index < -0.39 is 48.2 Å². The quantitative estimate of drug-likeness (QED) is 0.348. The highest BCUT2D eigenvalue weighted by Gasteiger charge is 2.54. The average Bonchev–Trinajstić information content (AvgIpc) is 2.77. The van der Waals surface area contributed by atoms with Gasteiger partial charge in [-0.1, -0.05) is 41.5 Å². The van der Waals surface area contributed by atoms with E-state index in [0.717, 1.165) is 6.42 Å². The standard InChI is InChI=1S/C25H43N5O7/c1-14(2)9-10-27-22(32)17(11-15(3)4)28-13-21-29(18(23(28)33)12-16(5)6)24(34)19(7-8-20(26)31)37-30(21)25(35)36/h14-19,21H,7-13H2,1-6H3,(H2,26,31)(H,27,32)(H,35,36)/t17?,18-,19+,21?/m0/s1. The molecule has 2 aliphatic rings. The van der Waals surface area contributed by atoms with Gasteiger partial charge in [0.05, 0.1) is 6.54 Å². The molecule has 37 heavy (non-hydrogen) atoms. The number of carbonyl (C=O) groups is 5. The van der Waals surface area contributed by atoms with Gasteiger partial charge >= 0.3 is 6.09 Å². The highest BCUT2D eigenvalue weighted by Crippen LogP contribution is 2.33. The molecule has 4 N–H and O–H groups in total. The number of hydrogen-bond acceptors (Lipinski definition) is 6. The molecule has 0 aliphatic carbocycles. The van der Waals surface area contributed by atoms with Gasteiger partial charge in [-0.15, -0.1) is 0 Å². The van der Waals surface area contributed by atoms with Crippen LogP contribution in [-0.4, -0.2) is 87.1 Å². The lowest BCUT2D eigenvalue weighted by Gasteiger charge is -2.53. The van der Waals surface area contributed by atoms with Crippen LogP contribution in [0.3, 0.4) is 0 Å². The van der Waals surface area contributed by atoms with Crippen molar-refractivity contribution in [2.45, 2.75) is 98.0 Å². The normalized spacial score (nSPS) is 23.1. The van der Waals surface area contributed by atoms with E-state index in [0.29, 0.717) is 23.9 Å².